The summed E-state index contributed by atoms with van der Waals surface area (Å²) in [5.74, 6) is 0.914. The Morgan fingerprint density at radius 1 is 1.50 bits per heavy atom. The molecule has 2 aromatic heterocycles. The van der Waals surface area contributed by atoms with Crippen molar-refractivity contribution in [3.05, 3.63) is 24.6 Å². The molecule has 1 saturated carbocycles. The van der Waals surface area contributed by atoms with E-state index < -0.39 is 0 Å². The molecule has 2 aromatic rings. The van der Waals surface area contributed by atoms with E-state index in [2.05, 4.69) is 29.2 Å². The molecule has 0 amide bonds. The zero-order chi connectivity index (χ0) is 12.5. The number of rotatable bonds is 5. The molecular formula is C14H19N3O. The minimum Gasteiger partial charge on any atom is -0.464 e. The number of nitrogens with one attached hydrogen (secondary N) is 1. The summed E-state index contributed by atoms with van der Waals surface area (Å²) in [6.45, 7) is 3.16. The third-order valence-electron chi connectivity index (χ3n) is 3.76. The van der Waals surface area contributed by atoms with E-state index in [0.717, 1.165) is 29.4 Å². The third kappa shape index (κ3) is 2.20. The number of furan rings is 1. The Kier molecular flexibility index (Phi) is 2.96. The van der Waals surface area contributed by atoms with Gasteiger partial charge < -0.3 is 9.73 Å². The number of anilines is 1. The molecule has 0 spiro atoms. The van der Waals surface area contributed by atoms with Crippen molar-refractivity contribution in [2.75, 3.05) is 18.9 Å². The molecule has 0 radical (unpaired) electrons. The van der Waals surface area contributed by atoms with Crippen molar-refractivity contribution in [3.63, 3.8) is 0 Å². The molecule has 4 heteroatoms. The summed E-state index contributed by atoms with van der Waals surface area (Å²) < 4.78 is 5.37. The number of hydrogen-bond acceptors (Lipinski definition) is 4. The van der Waals surface area contributed by atoms with Crippen LogP contribution in [0.2, 0.25) is 0 Å². The first-order valence-electron chi connectivity index (χ1n) is 6.53. The highest BCUT2D eigenvalue weighted by molar-refractivity contribution is 5.87. The highest BCUT2D eigenvalue weighted by Crippen LogP contribution is 2.27. The van der Waals surface area contributed by atoms with E-state index in [0.29, 0.717) is 6.04 Å². The molecule has 1 atom stereocenters. The minimum atomic E-state index is 0.515. The third-order valence-corrected chi connectivity index (χ3v) is 3.76. The lowest BCUT2D eigenvalue weighted by Gasteiger charge is -2.24. The van der Waals surface area contributed by atoms with Crippen LogP contribution in [0.25, 0.3) is 11.0 Å². The van der Waals surface area contributed by atoms with Crippen LogP contribution in [0.3, 0.4) is 0 Å². The normalized spacial score (nSPS) is 17.3. The maximum atomic E-state index is 5.37. The second-order valence-corrected chi connectivity index (χ2v) is 5.12. The number of hydrogen-bond donors (Lipinski definition) is 1. The Bertz CT molecular complexity index is 533. The van der Waals surface area contributed by atoms with Crippen LogP contribution in [0.1, 0.15) is 19.8 Å². The largest absolute Gasteiger partial charge is 0.464 e. The molecule has 0 saturated heterocycles. The lowest BCUT2D eigenvalue weighted by atomic mass is 10.2. The monoisotopic (exact) mass is 245 g/mol. The summed E-state index contributed by atoms with van der Waals surface area (Å²) in [4.78, 5) is 6.83. The van der Waals surface area contributed by atoms with E-state index in [1.54, 1.807) is 12.5 Å². The number of aromatic nitrogens is 1. The van der Waals surface area contributed by atoms with E-state index in [1.807, 2.05) is 12.1 Å². The van der Waals surface area contributed by atoms with E-state index in [9.17, 15) is 0 Å². The van der Waals surface area contributed by atoms with Crippen LogP contribution in [0.4, 0.5) is 5.82 Å². The Labute approximate surface area is 107 Å². The predicted octanol–water partition coefficient (Wildman–Crippen LogP) is 2.72. The first kappa shape index (κ1) is 11.5. The van der Waals surface area contributed by atoms with Gasteiger partial charge in [-0.15, -0.1) is 0 Å². The second kappa shape index (κ2) is 4.61. The second-order valence-electron chi connectivity index (χ2n) is 5.12. The Balaban J connectivity index is 1.67. The van der Waals surface area contributed by atoms with Gasteiger partial charge in [-0.05, 0) is 38.9 Å². The molecule has 4 nitrogen and oxygen atoms in total. The molecule has 0 aliphatic heterocycles. The summed E-state index contributed by atoms with van der Waals surface area (Å²) in [6, 6.07) is 5.15. The number of fused-ring (bicyclic) bond motifs is 1. The van der Waals surface area contributed by atoms with Crippen LogP contribution >= 0.6 is 0 Å². The maximum Gasteiger partial charge on any atom is 0.139 e. The molecule has 1 unspecified atom stereocenters. The van der Waals surface area contributed by atoms with Crippen molar-refractivity contribution >= 4 is 16.8 Å². The predicted molar refractivity (Wildman–Crippen MR) is 72.7 cm³/mol. The van der Waals surface area contributed by atoms with Gasteiger partial charge in [0.1, 0.15) is 11.4 Å². The van der Waals surface area contributed by atoms with Crippen LogP contribution < -0.4 is 5.32 Å². The van der Waals surface area contributed by atoms with Gasteiger partial charge in [-0.25, -0.2) is 4.98 Å². The fraction of sp³-hybridized carbons (Fsp3) is 0.500. The molecule has 3 rings (SSSR count). The molecule has 96 valence electrons. The van der Waals surface area contributed by atoms with Crippen molar-refractivity contribution in [2.45, 2.75) is 31.8 Å². The van der Waals surface area contributed by atoms with Gasteiger partial charge in [-0.2, -0.15) is 0 Å². The van der Waals surface area contributed by atoms with Crippen LogP contribution in [0.15, 0.2) is 29.0 Å². The average Bonchev–Trinajstić information content (AvgIpc) is 3.12. The standard InChI is InChI=1S/C14H19N3O/c1-10(17(2)11-3-4-11)9-16-14-12-6-8-18-13(12)5-7-15-14/h5-8,10-11H,3-4,9H2,1-2H3,(H,15,16). The van der Waals surface area contributed by atoms with Crippen LogP contribution in [-0.4, -0.2) is 35.6 Å². The van der Waals surface area contributed by atoms with Crippen LogP contribution in [-0.2, 0) is 0 Å². The molecule has 1 fully saturated rings. The number of nitrogens with zero attached hydrogens (tertiary/aromatic N) is 2. The Morgan fingerprint density at radius 2 is 2.33 bits per heavy atom. The molecule has 0 aromatic carbocycles. The van der Waals surface area contributed by atoms with Gasteiger partial charge in [0.15, 0.2) is 0 Å². The Hall–Kier alpha value is -1.55. The van der Waals surface area contributed by atoms with Crippen LogP contribution in [0, 0.1) is 0 Å². The van der Waals surface area contributed by atoms with Crippen molar-refractivity contribution in [1.29, 1.82) is 0 Å². The molecular weight excluding hydrogens is 226 g/mol. The zero-order valence-corrected chi connectivity index (χ0v) is 10.9. The van der Waals surface area contributed by atoms with Gasteiger partial charge in [0, 0.05) is 24.8 Å². The average molecular weight is 245 g/mol. The number of likely N-dealkylation sites (N-methyl/N-ethyl adjacent to an activating group) is 1. The van der Waals surface area contributed by atoms with E-state index in [1.165, 1.54) is 12.8 Å². The summed E-state index contributed by atoms with van der Waals surface area (Å²) in [5, 5.41) is 4.48. The fourth-order valence-electron chi connectivity index (χ4n) is 2.27. The topological polar surface area (TPSA) is 41.3 Å². The fourth-order valence-corrected chi connectivity index (χ4v) is 2.27. The SMILES string of the molecule is CC(CNc1nccc2occc12)N(C)C1CC1. The Morgan fingerprint density at radius 3 is 3.11 bits per heavy atom. The summed E-state index contributed by atoms with van der Waals surface area (Å²) >= 11 is 0. The van der Waals surface area contributed by atoms with Gasteiger partial charge in [0.05, 0.1) is 11.6 Å². The molecule has 1 aliphatic rings. The van der Waals surface area contributed by atoms with Crippen molar-refractivity contribution < 1.29 is 4.42 Å². The molecule has 18 heavy (non-hydrogen) atoms. The highest BCUT2D eigenvalue weighted by atomic mass is 16.3. The number of pyridine rings is 1. The van der Waals surface area contributed by atoms with Crippen LogP contribution in [0.5, 0.6) is 0 Å². The van der Waals surface area contributed by atoms with Gasteiger partial charge in [0.25, 0.3) is 0 Å². The molecule has 2 heterocycles. The molecule has 0 bridgehead atoms. The van der Waals surface area contributed by atoms with E-state index in [-0.39, 0.29) is 0 Å². The first-order chi connectivity index (χ1) is 8.75. The smallest absolute Gasteiger partial charge is 0.139 e. The molecule has 1 N–H and O–H groups in total. The zero-order valence-electron chi connectivity index (χ0n) is 10.9. The van der Waals surface area contributed by atoms with Crippen molar-refractivity contribution in [1.82, 2.24) is 9.88 Å². The quantitative estimate of drug-likeness (QED) is 0.879. The van der Waals surface area contributed by atoms with Gasteiger partial charge in [-0.3, -0.25) is 4.90 Å². The van der Waals surface area contributed by atoms with Gasteiger partial charge in [0.2, 0.25) is 0 Å². The maximum absolute atomic E-state index is 5.37. The van der Waals surface area contributed by atoms with Gasteiger partial charge >= 0.3 is 0 Å². The highest BCUT2D eigenvalue weighted by Gasteiger charge is 2.28. The van der Waals surface area contributed by atoms with Gasteiger partial charge in [-0.1, -0.05) is 0 Å². The lowest BCUT2D eigenvalue weighted by molar-refractivity contribution is 0.257. The summed E-state index contributed by atoms with van der Waals surface area (Å²) in [6.07, 6.45) is 6.17. The van der Waals surface area contributed by atoms with E-state index >= 15 is 0 Å². The first-order valence-corrected chi connectivity index (χ1v) is 6.53. The summed E-state index contributed by atoms with van der Waals surface area (Å²) in [5.41, 5.74) is 0.885. The lowest BCUT2D eigenvalue weighted by Crippen LogP contribution is -2.36. The summed E-state index contributed by atoms with van der Waals surface area (Å²) in [7, 11) is 2.20. The van der Waals surface area contributed by atoms with Crippen molar-refractivity contribution in [3.8, 4) is 0 Å². The molecule has 1 aliphatic carbocycles. The van der Waals surface area contributed by atoms with Crippen molar-refractivity contribution in [2.24, 2.45) is 0 Å². The minimum absolute atomic E-state index is 0.515. The van der Waals surface area contributed by atoms with E-state index in [4.69, 9.17) is 4.42 Å².